The molecule has 0 saturated heterocycles. The normalized spacial score (nSPS) is 3.00. The first-order valence-corrected chi connectivity index (χ1v) is 0.428. The molecule has 0 rings (SSSR count). The summed E-state index contributed by atoms with van der Waals surface area (Å²) in [6, 6.07) is 0. The number of rotatable bonds is 0. The van der Waals surface area contributed by atoms with Gasteiger partial charge in [-0.2, -0.15) is 0 Å². The molecule has 0 aliphatic rings. The van der Waals surface area contributed by atoms with Crippen molar-refractivity contribution < 1.29 is 15.4 Å². The van der Waals surface area contributed by atoms with Crippen molar-refractivity contribution in [2.45, 2.75) is 0 Å². The van der Waals surface area contributed by atoms with Crippen LogP contribution in [0.3, 0.4) is 0 Å². The van der Waals surface area contributed by atoms with E-state index >= 15 is 0 Å². The van der Waals surface area contributed by atoms with Gasteiger partial charge in [-0.05, 0) is 0 Å². The Balaban J connectivity index is 0. The molecule has 0 amide bonds. The molecule has 0 unspecified atom stereocenters. The maximum atomic E-state index is 8.24. The van der Waals surface area contributed by atoms with Crippen LogP contribution in [0.4, 0.5) is 0 Å². The van der Waals surface area contributed by atoms with Gasteiger partial charge in [-0.3, -0.25) is 5.48 Å². The lowest BCUT2D eigenvalue weighted by Gasteiger charge is -1.29. The molecule has 3 nitrogen and oxygen atoms in total. The summed E-state index contributed by atoms with van der Waals surface area (Å²) in [6.45, 7) is 0.500. The maximum Gasteiger partial charge on any atom is 0.414 e. The van der Waals surface area contributed by atoms with E-state index in [1.54, 1.807) is 0 Å². The topological polar surface area (TPSA) is 67.3 Å². The lowest BCUT2D eigenvalue weighted by molar-refractivity contribution is 0.437. The Labute approximate surface area is 23.2 Å². The lowest BCUT2D eigenvalue weighted by Crippen LogP contribution is -1.48. The molecule has 0 aliphatic carbocycles. The van der Waals surface area contributed by atoms with Gasteiger partial charge in [-0.1, -0.05) is 0 Å². The third-order valence-electron chi connectivity index (χ3n) is 0. The predicted molar refractivity (Wildman–Crippen MR) is 10.3 cm³/mol. The summed E-state index contributed by atoms with van der Waals surface area (Å²) in [5, 5.41) is 6.76. The van der Waals surface area contributed by atoms with Gasteiger partial charge < -0.3 is 5.11 Å². The molecule has 3 heteroatoms. The molecule has 0 spiro atoms. The molecule has 24 valence electrons. The molecule has 0 aliphatic heterocycles. The van der Waals surface area contributed by atoms with Gasteiger partial charge in [0.25, 0.3) is 0 Å². The molecule has 0 saturated carbocycles. The highest BCUT2D eigenvalue weighted by molar-refractivity contribution is 5.34. The molecule has 4 heavy (non-hydrogen) atoms. The van der Waals surface area contributed by atoms with E-state index in [2.05, 4.69) is 0 Å². The molecule has 0 aromatic rings. The van der Waals surface area contributed by atoms with Gasteiger partial charge in [0.1, 0.15) is 0 Å². The summed E-state index contributed by atoms with van der Waals surface area (Å²) in [6.07, 6.45) is 0. The number of aliphatic hydroxyl groups excluding tert-OH is 1. The quantitative estimate of drug-likeness (QED) is 0.394. The number of hydrogen-bond donors (Lipinski definition) is 2. The minimum absolute atomic E-state index is 0. The van der Waals surface area contributed by atoms with Crippen LogP contribution in [0.15, 0.2) is 0 Å². The molecular formula is CH2O3. The van der Waals surface area contributed by atoms with Crippen LogP contribution in [0.2, 0.25) is 0 Å². The van der Waals surface area contributed by atoms with Crippen molar-refractivity contribution in [3.05, 3.63) is 0 Å². The van der Waals surface area contributed by atoms with Crippen molar-refractivity contribution >= 4 is 6.47 Å². The second-order valence-electron chi connectivity index (χ2n) is 0.0913. The van der Waals surface area contributed by atoms with Crippen molar-refractivity contribution in [1.82, 2.24) is 0 Å². The Morgan fingerprint density at radius 2 is 1.75 bits per heavy atom. The summed E-state index contributed by atoms with van der Waals surface area (Å²) in [5.41, 5.74) is 0. The van der Waals surface area contributed by atoms with E-state index in [1.807, 2.05) is 0 Å². The van der Waals surface area contributed by atoms with E-state index in [1.165, 1.54) is 0 Å². The van der Waals surface area contributed by atoms with Crippen LogP contribution in [0.25, 0.3) is 0 Å². The Morgan fingerprint density at radius 3 is 1.75 bits per heavy atom. The summed E-state index contributed by atoms with van der Waals surface area (Å²) >= 11 is 0. The number of hydrogen-bond acceptors (Lipinski definition) is 1. The Morgan fingerprint density at radius 1 is 1.75 bits per heavy atom. The van der Waals surface area contributed by atoms with E-state index in [9.17, 15) is 0 Å². The minimum atomic E-state index is 0. The first-order chi connectivity index (χ1) is 1.41. The zero-order valence-electron chi connectivity index (χ0n) is 1.80. The fourth-order valence-electron chi connectivity index (χ4n) is 0. The SMILES string of the molecule is O=[C]O.[OH]. The van der Waals surface area contributed by atoms with Gasteiger partial charge in [0.05, 0.1) is 0 Å². The summed E-state index contributed by atoms with van der Waals surface area (Å²) in [7, 11) is 0. The van der Waals surface area contributed by atoms with E-state index in [0.717, 1.165) is 0 Å². The molecular weight excluding hydrogens is 60.0 g/mol. The van der Waals surface area contributed by atoms with Gasteiger partial charge in [0.15, 0.2) is 0 Å². The van der Waals surface area contributed by atoms with Gasteiger partial charge in [0, 0.05) is 0 Å². The van der Waals surface area contributed by atoms with Gasteiger partial charge >= 0.3 is 6.47 Å². The molecule has 0 bridgehead atoms. The molecule has 2 radical (unpaired) electrons. The zero-order valence-corrected chi connectivity index (χ0v) is 1.80. The van der Waals surface area contributed by atoms with E-state index in [-0.39, 0.29) is 5.48 Å². The minimum Gasteiger partial charge on any atom is -0.473 e. The molecule has 0 atom stereocenters. The fourth-order valence-corrected chi connectivity index (χ4v) is 0. The van der Waals surface area contributed by atoms with E-state index < -0.39 is 0 Å². The van der Waals surface area contributed by atoms with Crippen molar-refractivity contribution in [3.63, 3.8) is 0 Å². The highest BCUT2D eigenvalue weighted by Crippen LogP contribution is 0.973. The Hall–Kier alpha value is -0.570. The third kappa shape index (κ3) is 0.814. The second-order valence-corrected chi connectivity index (χ2v) is 0.0913. The van der Waals surface area contributed by atoms with Crippen LogP contribution in [-0.2, 0) is 4.79 Å². The van der Waals surface area contributed by atoms with Crippen molar-refractivity contribution in [3.8, 4) is 0 Å². The first-order valence-electron chi connectivity index (χ1n) is 0.428. The molecule has 2 N–H and O–H groups in total. The van der Waals surface area contributed by atoms with Crippen LogP contribution in [0.1, 0.15) is 0 Å². The monoisotopic (exact) mass is 62.0 g/mol. The molecule has 0 fully saturated rings. The zero-order chi connectivity index (χ0) is 2.71. The summed E-state index contributed by atoms with van der Waals surface area (Å²) in [5.74, 6) is 0. The lowest BCUT2D eigenvalue weighted by atomic mass is 11.7. The molecule has 0 aromatic heterocycles. The third-order valence-corrected chi connectivity index (χ3v) is 0. The summed E-state index contributed by atoms with van der Waals surface area (Å²) in [4.78, 5) is 8.24. The standard InChI is InChI=1S/CHO2.HO/c2-1-3;/h(H,2,3);1H. The highest BCUT2D eigenvalue weighted by Gasteiger charge is 1.30. The van der Waals surface area contributed by atoms with Crippen LogP contribution >= 0.6 is 0 Å². The van der Waals surface area contributed by atoms with Crippen molar-refractivity contribution in [2.24, 2.45) is 0 Å². The van der Waals surface area contributed by atoms with Crippen molar-refractivity contribution in [1.29, 1.82) is 0 Å². The van der Waals surface area contributed by atoms with Gasteiger partial charge in [-0.25, -0.2) is 4.79 Å². The average Bonchev–Trinajstić information content (AvgIpc) is 0.918. The van der Waals surface area contributed by atoms with Crippen LogP contribution in [-0.4, -0.2) is 17.1 Å². The fraction of sp³-hybridized carbons (Fsp3) is 0. The average molecular weight is 62.0 g/mol. The van der Waals surface area contributed by atoms with Crippen molar-refractivity contribution in [2.75, 3.05) is 0 Å². The molecule has 0 heterocycles. The van der Waals surface area contributed by atoms with E-state index in [0.29, 0.717) is 6.47 Å². The smallest absolute Gasteiger partial charge is 0.414 e. The predicted octanol–water partition coefficient (Wildman–Crippen LogP) is -0.565. The van der Waals surface area contributed by atoms with Crippen LogP contribution in [0, 0.1) is 0 Å². The van der Waals surface area contributed by atoms with Gasteiger partial charge in [-0.15, -0.1) is 0 Å². The highest BCUT2D eigenvalue weighted by atomic mass is 16.3. The Kier molecular flexibility index (Phi) is 66.5. The Bertz CT molecular complexity index is 10.8. The first kappa shape index (κ1) is 9.90. The van der Waals surface area contributed by atoms with Crippen LogP contribution < -0.4 is 0 Å². The van der Waals surface area contributed by atoms with E-state index in [4.69, 9.17) is 9.90 Å². The molecule has 0 aromatic carbocycles. The summed E-state index contributed by atoms with van der Waals surface area (Å²) < 4.78 is 0. The second kappa shape index (κ2) is 26.9. The van der Waals surface area contributed by atoms with Gasteiger partial charge in [0.2, 0.25) is 0 Å². The maximum absolute atomic E-state index is 8.24. The largest absolute Gasteiger partial charge is 0.473 e. The van der Waals surface area contributed by atoms with Crippen LogP contribution in [0.5, 0.6) is 0 Å².